The molecular weight excluding hydrogens is 332 g/mol. The van der Waals surface area contributed by atoms with E-state index in [1.165, 1.54) is 6.20 Å². The molecule has 1 heterocycles. The fourth-order valence-electron chi connectivity index (χ4n) is 2.75. The maximum atomic E-state index is 12.5. The first-order valence-electron chi connectivity index (χ1n) is 8.42. The molecule has 2 rings (SSSR count). The van der Waals surface area contributed by atoms with E-state index in [1.807, 2.05) is 12.1 Å². The van der Waals surface area contributed by atoms with Gasteiger partial charge in [-0.05, 0) is 31.9 Å². The molecule has 1 N–H and O–H groups in total. The van der Waals surface area contributed by atoms with Crippen molar-refractivity contribution < 1.29 is 14.3 Å². The highest BCUT2D eigenvalue weighted by atomic mass is 16.5. The molecule has 7 nitrogen and oxygen atoms in total. The van der Waals surface area contributed by atoms with E-state index in [0.29, 0.717) is 43.8 Å². The number of likely N-dealkylation sites (tertiary alicyclic amines) is 1. The highest BCUT2D eigenvalue weighted by molar-refractivity contribution is 5.97. The van der Waals surface area contributed by atoms with Crippen LogP contribution in [0.2, 0.25) is 0 Å². The Balaban J connectivity index is 2.00. The lowest BCUT2D eigenvalue weighted by atomic mass is 9.96. The van der Waals surface area contributed by atoms with Crippen molar-refractivity contribution in [2.45, 2.75) is 19.8 Å². The van der Waals surface area contributed by atoms with Crippen LogP contribution in [0.5, 0.6) is 0 Å². The van der Waals surface area contributed by atoms with E-state index in [9.17, 15) is 14.9 Å². The molecule has 1 fully saturated rings. The Hall–Kier alpha value is -3.32. The predicted octanol–water partition coefficient (Wildman–Crippen LogP) is 2.18. The Morgan fingerprint density at radius 2 is 2.00 bits per heavy atom. The van der Waals surface area contributed by atoms with Gasteiger partial charge in [0.1, 0.15) is 17.7 Å². The second-order valence-corrected chi connectivity index (χ2v) is 5.79. The van der Waals surface area contributed by atoms with Gasteiger partial charge in [-0.2, -0.15) is 10.5 Å². The molecule has 0 saturated carbocycles. The summed E-state index contributed by atoms with van der Waals surface area (Å²) in [4.78, 5) is 25.8. The number of carbonyl (C=O) groups excluding carboxylic acids is 2. The summed E-state index contributed by atoms with van der Waals surface area (Å²) < 4.78 is 5.01. The molecule has 26 heavy (non-hydrogen) atoms. The summed E-state index contributed by atoms with van der Waals surface area (Å²) in [5.41, 5.74) is 0.896. The first kappa shape index (κ1) is 19.0. The molecule has 1 amide bonds. The van der Waals surface area contributed by atoms with Gasteiger partial charge in [0, 0.05) is 19.3 Å². The Labute approximate surface area is 152 Å². The summed E-state index contributed by atoms with van der Waals surface area (Å²) >= 11 is 0. The maximum absolute atomic E-state index is 12.5. The van der Waals surface area contributed by atoms with Gasteiger partial charge in [0.15, 0.2) is 0 Å². The van der Waals surface area contributed by atoms with E-state index in [1.54, 1.807) is 36.1 Å². The van der Waals surface area contributed by atoms with E-state index in [0.717, 1.165) is 0 Å². The molecule has 1 aliphatic rings. The number of ether oxygens (including phenoxy) is 1. The SMILES string of the molecule is CCOC(=O)C1CCN(C(=O)/C(C#N)=C\Nc2ccccc2C#N)CC1. The van der Waals surface area contributed by atoms with Crippen LogP contribution in [0.3, 0.4) is 0 Å². The summed E-state index contributed by atoms with van der Waals surface area (Å²) in [7, 11) is 0. The van der Waals surface area contributed by atoms with Crippen LogP contribution in [0.15, 0.2) is 36.0 Å². The third kappa shape index (κ3) is 4.61. The summed E-state index contributed by atoms with van der Waals surface area (Å²) in [6.07, 6.45) is 2.36. The molecule has 1 aromatic carbocycles. The number of amides is 1. The van der Waals surface area contributed by atoms with Gasteiger partial charge in [0.25, 0.3) is 5.91 Å². The molecule has 1 aromatic rings. The van der Waals surface area contributed by atoms with Crippen LogP contribution in [0.1, 0.15) is 25.3 Å². The number of piperidine rings is 1. The van der Waals surface area contributed by atoms with E-state index in [-0.39, 0.29) is 17.5 Å². The van der Waals surface area contributed by atoms with Gasteiger partial charge in [-0.1, -0.05) is 12.1 Å². The molecular formula is C19H20N4O3. The largest absolute Gasteiger partial charge is 0.466 e. The number of carbonyl (C=O) groups is 2. The van der Waals surface area contributed by atoms with Gasteiger partial charge in [-0.3, -0.25) is 9.59 Å². The van der Waals surface area contributed by atoms with E-state index in [4.69, 9.17) is 10.00 Å². The number of nitriles is 2. The van der Waals surface area contributed by atoms with Crippen molar-refractivity contribution in [2.24, 2.45) is 5.92 Å². The lowest BCUT2D eigenvalue weighted by Crippen LogP contribution is -2.41. The molecule has 134 valence electrons. The Morgan fingerprint density at radius 1 is 1.31 bits per heavy atom. The minimum Gasteiger partial charge on any atom is -0.466 e. The van der Waals surface area contributed by atoms with Gasteiger partial charge >= 0.3 is 5.97 Å². The molecule has 0 radical (unpaired) electrons. The molecule has 1 saturated heterocycles. The summed E-state index contributed by atoms with van der Waals surface area (Å²) in [5.74, 6) is -0.823. The van der Waals surface area contributed by atoms with Gasteiger partial charge in [0.2, 0.25) is 0 Å². The van der Waals surface area contributed by atoms with Crippen molar-refractivity contribution in [3.05, 3.63) is 41.6 Å². The lowest BCUT2D eigenvalue weighted by molar-refractivity contribution is -0.150. The lowest BCUT2D eigenvalue weighted by Gasteiger charge is -2.30. The van der Waals surface area contributed by atoms with Crippen LogP contribution in [0, 0.1) is 28.6 Å². The standard InChI is InChI=1S/C19H20N4O3/c1-2-26-19(25)14-7-9-23(10-8-14)18(24)16(12-21)13-22-17-6-4-3-5-15(17)11-20/h3-6,13-14,22H,2,7-10H2,1H3/b16-13-. The van der Waals surface area contributed by atoms with Crippen LogP contribution in [0.25, 0.3) is 0 Å². The normalized spacial score (nSPS) is 14.9. The Kier molecular flexibility index (Phi) is 6.75. The smallest absolute Gasteiger partial charge is 0.309 e. The van der Waals surface area contributed by atoms with E-state index in [2.05, 4.69) is 5.32 Å². The van der Waals surface area contributed by atoms with Crippen LogP contribution >= 0.6 is 0 Å². The highest BCUT2D eigenvalue weighted by Gasteiger charge is 2.29. The van der Waals surface area contributed by atoms with Crippen molar-refractivity contribution in [3.8, 4) is 12.1 Å². The average molecular weight is 352 g/mol. The summed E-state index contributed by atoms with van der Waals surface area (Å²) in [6, 6.07) is 10.8. The monoisotopic (exact) mass is 352 g/mol. The third-order valence-corrected chi connectivity index (χ3v) is 4.17. The molecule has 0 aliphatic carbocycles. The molecule has 0 atom stereocenters. The zero-order chi connectivity index (χ0) is 18.9. The summed E-state index contributed by atoms with van der Waals surface area (Å²) in [5, 5.41) is 21.2. The average Bonchev–Trinajstić information content (AvgIpc) is 2.68. The van der Waals surface area contributed by atoms with Crippen LogP contribution in [0.4, 0.5) is 5.69 Å². The molecule has 1 aliphatic heterocycles. The number of hydrogen-bond acceptors (Lipinski definition) is 6. The topological polar surface area (TPSA) is 106 Å². The summed E-state index contributed by atoms with van der Waals surface area (Å²) in [6.45, 7) is 2.90. The third-order valence-electron chi connectivity index (χ3n) is 4.17. The minimum atomic E-state index is -0.392. The van der Waals surface area contributed by atoms with E-state index < -0.39 is 5.91 Å². The van der Waals surface area contributed by atoms with Gasteiger partial charge < -0.3 is 15.0 Å². The predicted molar refractivity (Wildman–Crippen MR) is 94.4 cm³/mol. The number of hydrogen-bond donors (Lipinski definition) is 1. The second kappa shape index (κ2) is 9.24. The molecule has 7 heteroatoms. The number of esters is 1. The fraction of sp³-hybridized carbons (Fsp3) is 0.368. The first-order valence-corrected chi connectivity index (χ1v) is 8.42. The Morgan fingerprint density at radius 3 is 2.62 bits per heavy atom. The van der Waals surface area contributed by atoms with Crippen LogP contribution < -0.4 is 5.32 Å². The number of nitrogens with one attached hydrogen (secondary N) is 1. The molecule has 0 bridgehead atoms. The molecule has 0 spiro atoms. The number of anilines is 1. The van der Waals surface area contributed by atoms with Crippen molar-refractivity contribution in [3.63, 3.8) is 0 Å². The van der Waals surface area contributed by atoms with Crippen LogP contribution in [-0.2, 0) is 14.3 Å². The van der Waals surface area contributed by atoms with Crippen molar-refractivity contribution in [1.82, 2.24) is 4.90 Å². The number of nitrogens with zero attached hydrogens (tertiary/aromatic N) is 3. The minimum absolute atomic E-state index is 0.0488. The first-order chi connectivity index (χ1) is 12.6. The fourth-order valence-corrected chi connectivity index (χ4v) is 2.75. The quantitative estimate of drug-likeness (QED) is 0.494. The zero-order valence-corrected chi connectivity index (χ0v) is 14.6. The number of para-hydroxylation sites is 1. The van der Waals surface area contributed by atoms with Crippen molar-refractivity contribution in [1.29, 1.82) is 10.5 Å². The zero-order valence-electron chi connectivity index (χ0n) is 14.6. The van der Waals surface area contributed by atoms with Gasteiger partial charge in [-0.15, -0.1) is 0 Å². The van der Waals surface area contributed by atoms with Gasteiger partial charge in [0.05, 0.1) is 23.8 Å². The van der Waals surface area contributed by atoms with Crippen molar-refractivity contribution >= 4 is 17.6 Å². The number of rotatable bonds is 5. The van der Waals surface area contributed by atoms with E-state index >= 15 is 0 Å². The molecule has 0 unspecified atom stereocenters. The highest BCUT2D eigenvalue weighted by Crippen LogP contribution is 2.20. The Bertz CT molecular complexity index is 781. The maximum Gasteiger partial charge on any atom is 0.309 e. The molecule has 0 aromatic heterocycles. The van der Waals surface area contributed by atoms with Gasteiger partial charge in [-0.25, -0.2) is 0 Å². The van der Waals surface area contributed by atoms with Crippen LogP contribution in [-0.4, -0.2) is 36.5 Å². The second-order valence-electron chi connectivity index (χ2n) is 5.79. The van der Waals surface area contributed by atoms with Crippen molar-refractivity contribution in [2.75, 3.05) is 25.0 Å². The number of benzene rings is 1.